The molecule has 6 nitrogen and oxygen atoms in total. The lowest BCUT2D eigenvalue weighted by molar-refractivity contribution is -0.385. The fourth-order valence-electron chi connectivity index (χ4n) is 1.06. The van der Waals surface area contributed by atoms with Crippen molar-refractivity contribution in [3.05, 3.63) is 33.9 Å². The van der Waals surface area contributed by atoms with Crippen LogP contribution in [0.2, 0.25) is 0 Å². The normalized spacial score (nSPS) is 9.71. The number of nitrogens with two attached hydrogens (primary N) is 1. The average molecular weight is 195 g/mol. The number of anilines is 1. The molecule has 2 N–H and O–H groups in total. The number of hydrogen-bond donors (Lipinski definition) is 1. The van der Waals surface area contributed by atoms with E-state index in [2.05, 4.69) is 0 Å². The first kappa shape index (κ1) is 9.97. The van der Waals surface area contributed by atoms with Gasteiger partial charge in [0.1, 0.15) is 0 Å². The van der Waals surface area contributed by atoms with Gasteiger partial charge in [0.2, 0.25) is 0 Å². The van der Waals surface area contributed by atoms with Gasteiger partial charge in [0.05, 0.1) is 4.92 Å². The van der Waals surface area contributed by atoms with Crippen LogP contribution in [0.4, 0.5) is 11.4 Å². The first-order valence-electron chi connectivity index (χ1n) is 3.73. The quantitative estimate of drug-likeness (QED) is 0.396. The van der Waals surface area contributed by atoms with E-state index in [1.807, 2.05) is 0 Å². The number of nitrogen functional groups attached to an aromatic ring is 1. The second-order valence-corrected chi connectivity index (χ2v) is 2.69. The van der Waals surface area contributed by atoms with Crippen LogP contribution in [0.3, 0.4) is 0 Å². The lowest BCUT2D eigenvalue weighted by Gasteiger charge is -2.04. The molecule has 0 spiro atoms. The van der Waals surface area contributed by atoms with Crippen molar-refractivity contribution in [2.24, 2.45) is 0 Å². The molecule has 1 rings (SSSR count). The van der Waals surface area contributed by atoms with Crippen molar-refractivity contribution in [2.45, 2.75) is 6.42 Å². The zero-order valence-corrected chi connectivity index (χ0v) is 7.10. The maximum Gasteiger partial charge on any atom is 0.275 e. The van der Waals surface area contributed by atoms with Crippen molar-refractivity contribution in [1.82, 2.24) is 0 Å². The SMILES string of the molecule is Nc1ccc(CC(=O)[O-])c([N+](=O)[O-])c1. The molecule has 0 atom stereocenters. The van der Waals surface area contributed by atoms with E-state index in [-0.39, 0.29) is 16.9 Å². The van der Waals surface area contributed by atoms with Crippen LogP contribution in [-0.2, 0) is 11.2 Å². The largest absolute Gasteiger partial charge is 0.550 e. The Morgan fingerprint density at radius 1 is 1.50 bits per heavy atom. The predicted molar refractivity (Wildman–Crippen MR) is 46.2 cm³/mol. The monoisotopic (exact) mass is 195 g/mol. The molecule has 0 unspecified atom stereocenters. The summed E-state index contributed by atoms with van der Waals surface area (Å²) in [5.74, 6) is -1.36. The summed E-state index contributed by atoms with van der Waals surface area (Å²) in [7, 11) is 0. The number of nitro groups is 1. The van der Waals surface area contributed by atoms with Gasteiger partial charge >= 0.3 is 0 Å². The Morgan fingerprint density at radius 2 is 2.14 bits per heavy atom. The van der Waals surface area contributed by atoms with Gasteiger partial charge in [0, 0.05) is 29.7 Å². The molecule has 14 heavy (non-hydrogen) atoms. The van der Waals surface area contributed by atoms with Gasteiger partial charge in [-0.1, -0.05) is 0 Å². The van der Waals surface area contributed by atoms with Crippen LogP contribution in [0.5, 0.6) is 0 Å². The lowest BCUT2D eigenvalue weighted by atomic mass is 10.1. The lowest BCUT2D eigenvalue weighted by Crippen LogP contribution is -2.24. The number of carboxylic acids is 1. The molecule has 0 fully saturated rings. The van der Waals surface area contributed by atoms with Crippen LogP contribution in [0, 0.1) is 10.1 Å². The zero-order valence-electron chi connectivity index (χ0n) is 7.10. The second-order valence-electron chi connectivity index (χ2n) is 2.69. The Bertz CT molecular complexity index is 389. The van der Waals surface area contributed by atoms with E-state index in [1.165, 1.54) is 12.1 Å². The number of aliphatic carboxylic acids is 1. The van der Waals surface area contributed by atoms with Crippen LogP contribution >= 0.6 is 0 Å². The number of carbonyl (C=O) groups excluding carboxylic acids is 1. The molecule has 0 aliphatic heterocycles. The van der Waals surface area contributed by atoms with Crippen molar-refractivity contribution >= 4 is 17.3 Å². The number of carboxylic acid groups (broad SMARTS) is 1. The number of hydrogen-bond acceptors (Lipinski definition) is 5. The van der Waals surface area contributed by atoms with E-state index >= 15 is 0 Å². The minimum Gasteiger partial charge on any atom is -0.550 e. The molecular weight excluding hydrogens is 188 g/mol. The molecule has 0 aromatic heterocycles. The molecule has 0 radical (unpaired) electrons. The van der Waals surface area contributed by atoms with Crippen molar-refractivity contribution < 1.29 is 14.8 Å². The highest BCUT2D eigenvalue weighted by molar-refractivity contribution is 5.71. The third kappa shape index (κ3) is 2.19. The summed E-state index contributed by atoms with van der Waals surface area (Å²) in [4.78, 5) is 20.1. The molecule has 0 aliphatic carbocycles. The van der Waals surface area contributed by atoms with Crippen molar-refractivity contribution in [3.63, 3.8) is 0 Å². The first-order chi connectivity index (χ1) is 6.50. The summed E-state index contributed by atoms with van der Waals surface area (Å²) in [6.07, 6.45) is -0.489. The summed E-state index contributed by atoms with van der Waals surface area (Å²) in [5.41, 5.74) is 5.34. The average Bonchev–Trinajstić information content (AvgIpc) is 2.07. The molecule has 74 valence electrons. The molecule has 1 aromatic rings. The minimum absolute atomic E-state index is 0.0872. The van der Waals surface area contributed by atoms with Gasteiger partial charge in [-0.05, 0) is 12.1 Å². The standard InChI is InChI=1S/C8H8N2O4/c9-6-2-1-5(3-8(11)12)7(4-6)10(13)14/h1-2,4H,3,9H2,(H,11,12)/p-1. The second kappa shape index (κ2) is 3.73. The summed E-state index contributed by atoms with van der Waals surface area (Å²) in [5, 5.41) is 20.8. The highest BCUT2D eigenvalue weighted by Crippen LogP contribution is 2.21. The van der Waals surface area contributed by atoms with Gasteiger partial charge in [-0.3, -0.25) is 10.1 Å². The van der Waals surface area contributed by atoms with Gasteiger partial charge < -0.3 is 15.6 Å². The van der Waals surface area contributed by atoms with Crippen molar-refractivity contribution in [2.75, 3.05) is 5.73 Å². The fraction of sp³-hybridized carbons (Fsp3) is 0.125. The molecule has 6 heteroatoms. The Labute approximate surface area is 79.1 Å². The van der Waals surface area contributed by atoms with Gasteiger partial charge in [-0.2, -0.15) is 0 Å². The van der Waals surface area contributed by atoms with Crippen molar-refractivity contribution in [3.8, 4) is 0 Å². The smallest absolute Gasteiger partial charge is 0.275 e. The third-order valence-electron chi connectivity index (χ3n) is 1.64. The predicted octanol–water partition coefficient (Wildman–Crippen LogP) is -0.531. The molecule has 0 aliphatic rings. The summed E-state index contributed by atoms with van der Waals surface area (Å²) in [6, 6.07) is 3.84. The third-order valence-corrected chi connectivity index (χ3v) is 1.64. The highest BCUT2D eigenvalue weighted by Gasteiger charge is 2.13. The fourth-order valence-corrected chi connectivity index (χ4v) is 1.06. The van der Waals surface area contributed by atoms with E-state index in [0.29, 0.717) is 0 Å². The molecule has 0 saturated carbocycles. The molecular formula is C8H7N2O4-. The van der Waals surface area contributed by atoms with E-state index in [0.717, 1.165) is 6.07 Å². The summed E-state index contributed by atoms with van der Waals surface area (Å²) < 4.78 is 0. The Morgan fingerprint density at radius 3 is 2.64 bits per heavy atom. The molecule has 0 amide bonds. The van der Waals surface area contributed by atoms with E-state index in [9.17, 15) is 20.0 Å². The number of carbonyl (C=O) groups is 1. The van der Waals surface area contributed by atoms with E-state index in [4.69, 9.17) is 5.73 Å². The van der Waals surface area contributed by atoms with Gasteiger partial charge in [-0.25, -0.2) is 0 Å². The summed E-state index contributed by atoms with van der Waals surface area (Å²) in [6.45, 7) is 0. The van der Waals surface area contributed by atoms with E-state index in [1.54, 1.807) is 0 Å². The molecule has 0 bridgehead atoms. The van der Waals surface area contributed by atoms with Crippen LogP contribution in [-0.4, -0.2) is 10.9 Å². The van der Waals surface area contributed by atoms with Crippen molar-refractivity contribution in [1.29, 1.82) is 0 Å². The first-order valence-corrected chi connectivity index (χ1v) is 3.73. The minimum atomic E-state index is -1.36. The maximum atomic E-state index is 10.5. The number of nitro benzene ring substituents is 1. The highest BCUT2D eigenvalue weighted by atomic mass is 16.6. The maximum absolute atomic E-state index is 10.5. The topological polar surface area (TPSA) is 109 Å². The van der Waals surface area contributed by atoms with Crippen LogP contribution < -0.4 is 10.8 Å². The number of nitrogens with zero attached hydrogens (tertiary/aromatic N) is 1. The molecule has 0 heterocycles. The molecule has 0 saturated heterocycles. The van der Waals surface area contributed by atoms with Crippen LogP contribution in [0.25, 0.3) is 0 Å². The summed E-state index contributed by atoms with van der Waals surface area (Å²) >= 11 is 0. The number of benzene rings is 1. The van der Waals surface area contributed by atoms with E-state index < -0.39 is 17.3 Å². The molecule has 1 aromatic carbocycles. The Balaban J connectivity index is 3.14. The number of rotatable bonds is 3. The Hall–Kier alpha value is -2.11. The van der Waals surface area contributed by atoms with Gasteiger partial charge in [-0.15, -0.1) is 0 Å². The zero-order chi connectivity index (χ0) is 10.7. The van der Waals surface area contributed by atoms with Crippen LogP contribution in [0.15, 0.2) is 18.2 Å². The van der Waals surface area contributed by atoms with Gasteiger partial charge in [0.25, 0.3) is 5.69 Å². The van der Waals surface area contributed by atoms with Crippen LogP contribution in [0.1, 0.15) is 5.56 Å². The Kier molecular flexibility index (Phi) is 2.66. The van der Waals surface area contributed by atoms with Gasteiger partial charge in [0.15, 0.2) is 0 Å².